The fourth-order valence-corrected chi connectivity index (χ4v) is 4.57. The summed E-state index contributed by atoms with van der Waals surface area (Å²) in [6.45, 7) is 1.69. The van der Waals surface area contributed by atoms with Gasteiger partial charge in [0.1, 0.15) is 5.52 Å². The Morgan fingerprint density at radius 1 is 1.14 bits per heavy atom. The molecule has 0 radical (unpaired) electrons. The second-order valence-corrected chi connectivity index (χ2v) is 9.19. The molecule has 1 fully saturated rings. The fourth-order valence-electron chi connectivity index (χ4n) is 3.45. The maximum Gasteiger partial charge on any atom is 0.211 e. The number of anilines is 1. The predicted octanol–water partition coefficient (Wildman–Crippen LogP) is 2.74. The Labute approximate surface area is 170 Å². The first-order valence-electron chi connectivity index (χ1n) is 8.71. The van der Waals surface area contributed by atoms with Crippen LogP contribution in [0.3, 0.4) is 0 Å². The maximum atomic E-state index is 14.4. The second-order valence-electron chi connectivity index (χ2n) is 6.80. The van der Waals surface area contributed by atoms with Crippen molar-refractivity contribution in [2.45, 2.75) is 0 Å². The Balaban J connectivity index is 1.65. The molecule has 0 spiro atoms. The lowest BCUT2D eigenvalue weighted by molar-refractivity contribution is 0.388. The number of fused-ring (bicyclic) bond motifs is 1. The number of piperazine rings is 1. The molecule has 0 amide bonds. The molecule has 3 aromatic rings. The van der Waals surface area contributed by atoms with Crippen molar-refractivity contribution in [2.75, 3.05) is 37.3 Å². The van der Waals surface area contributed by atoms with Crippen LogP contribution in [0.4, 0.5) is 14.5 Å². The summed E-state index contributed by atoms with van der Waals surface area (Å²) in [7, 11) is -3.23. The van der Waals surface area contributed by atoms with Crippen molar-refractivity contribution in [1.29, 1.82) is 0 Å². The average Bonchev–Trinajstić information content (AvgIpc) is 3.09. The molecular formula is C18H17ClF2N4O3S. The molecule has 0 saturated carbocycles. The first-order valence-corrected chi connectivity index (χ1v) is 10.9. The summed E-state index contributed by atoms with van der Waals surface area (Å²) in [6.07, 6.45) is 2.48. The third kappa shape index (κ3) is 3.52. The molecule has 2 aromatic carbocycles. The van der Waals surface area contributed by atoms with E-state index in [0.29, 0.717) is 36.9 Å². The highest BCUT2D eigenvalue weighted by atomic mass is 35.5. The van der Waals surface area contributed by atoms with Gasteiger partial charge >= 0.3 is 0 Å². The highest BCUT2D eigenvalue weighted by Crippen LogP contribution is 2.33. The zero-order chi connectivity index (χ0) is 20.9. The Bertz CT molecular complexity index is 1210. The van der Waals surface area contributed by atoms with E-state index in [1.54, 1.807) is 18.2 Å². The van der Waals surface area contributed by atoms with Gasteiger partial charge in [0.2, 0.25) is 10.0 Å². The number of halogens is 3. The summed E-state index contributed by atoms with van der Waals surface area (Å²) in [5.41, 5.74) is 1.09. The minimum Gasteiger partial charge on any atom is -0.503 e. The topological polar surface area (TPSA) is 78.7 Å². The summed E-state index contributed by atoms with van der Waals surface area (Å²) in [6, 6.07) is 6.01. The van der Waals surface area contributed by atoms with Gasteiger partial charge in [-0.2, -0.15) is 9.40 Å². The van der Waals surface area contributed by atoms with E-state index in [2.05, 4.69) is 5.10 Å². The van der Waals surface area contributed by atoms with Crippen LogP contribution in [0.15, 0.2) is 30.5 Å². The number of phenolic OH excluding ortho intramolecular Hbond substituents is 1. The van der Waals surface area contributed by atoms with Crippen LogP contribution >= 0.6 is 11.6 Å². The van der Waals surface area contributed by atoms with Crippen LogP contribution in [0.2, 0.25) is 5.02 Å². The van der Waals surface area contributed by atoms with Gasteiger partial charge in [0.05, 0.1) is 28.9 Å². The van der Waals surface area contributed by atoms with Crippen molar-refractivity contribution >= 4 is 38.2 Å². The molecule has 0 unspecified atom stereocenters. The van der Waals surface area contributed by atoms with E-state index in [9.17, 15) is 22.3 Å². The lowest BCUT2D eigenvalue weighted by Crippen LogP contribution is -2.48. The van der Waals surface area contributed by atoms with Crippen molar-refractivity contribution in [2.24, 2.45) is 0 Å². The third-order valence-corrected chi connectivity index (χ3v) is 6.55. The number of hydrogen-bond acceptors (Lipinski definition) is 5. The quantitative estimate of drug-likeness (QED) is 0.674. The van der Waals surface area contributed by atoms with Crippen LogP contribution in [0.5, 0.6) is 5.75 Å². The van der Waals surface area contributed by atoms with Gasteiger partial charge < -0.3 is 10.0 Å². The van der Waals surface area contributed by atoms with Gasteiger partial charge in [0, 0.05) is 31.6 Å². The molecule has 154 valence electrons. The highest BCUT2D eigenvalue weighted by Gasteiger charge is 2.25. The number of sulfonamides is 1. The van der Waals surface area contributed by atoms with Gasteiger partial charge in [-0.1, -0.05) is 11.6 Å². The molecule has 0 atom stereocenters. The predicted molar refractivity (Wildman–Crippen MR) is 106 cm³/mol. The number of rotatable bonds is 3. The summed E-state index contributed by atoms with van der Waals surface area (Å²) in [4.78, 5) is 1.97. The van der Waals surface area contributed by atoms with Crippen LogP contribution < -0.4 is 4.90 Å². The van der Waals surface area contributed by atoms with E-state index in [-0.39, 0.29) is 10.9 Å². The summed E-state index contributed by atoms with van der Waals surface area (Å²) in [5.74, 6) is -3.23. The Hall–Kier alpha value is -2.43. The zero-order valence-corrected chi connectivity index (χ0v) is 16.9. The first-order chi connectivity index (χ1) is 13.7. The molecule has 4 rings (SSSR count). The minimum absolute atomic E-state index is 0.0607. The van der Waals surface area contributed by atoms with Gasteiger partial charge in [0.25, 0.3) is 0 Å². The summed E-state index contributed by atoms with van der Waals surface area (Å²) >= 11 is 6.44. The largest absolute Gasteiger partial charge is 0.503 e. The molecule has 1 aliphatic rings. The van der Waals surface area contributed by atoms with Crippen molar-refractivity contribution < 1.29 is 22.3 Å². The molecule has 0 bridgehead atoms. The second kappa shape index (κ2) is 7.12. The normalized spacial score (nSPS) is 15.9. The lowest BCUT2D eigenvalue weighted by Gasteiger charge is -2.35. The standard InChI is InChI=1S/C18H17ClF2N4O3S/c1-29(27,28)24-6-4-23(5-7-24)15-3-2-12(9-13(15)19)25-17-11(10-22-25)8-14(20)18(26)16(17)21/h2-3,8-10,26H,4-7H2,1H3. The number of nitrogens with zero attached hydrogens (tertiary/aromatic N) is 4. The molecule has 1 N–H and O–H groups in total. The molecular weight excluding hydrogens is 426 g/mol. The number of phenols is 1. The van der Waals surface area contributed by atoms with Crippen molar-refractivity contribution in [3.8, 4) is 11.4 Å². The molecule has 0 aliphatic carbocycles. The maximum absolute atomic E-state index is 14.4. The minimum atomic E-state index is -3.23. The molecule has 11 heteroatoms. The van der Waals surface area contributed by atoms with E-state index in [4.69, 9.17) is 11.6 Å². The number of benzene rings is 2. The van der Waals surface area contributed by atoms with Gasteiger partial charge in [-0.3, -0.25) is 0 Å². The van der Waals surface area contributed by atoms with Gasteiger partial charge in [-0.15, -0.1) is 0 Å². The van der Waals surface area contributed by atoms with Gasteiger partial charge in [-0.25, -0.2) is 21.9 Å². The molecule has 1 aliphatic heterocycles. The number of aromatic hydroxyl groups is 1. The lowest BCUT2D eigenvalue weighted by atomic mass is 10.2. The Kier molecular flexibility index (Phi) is 4.88. The van der Waals surface area contributed by atoms with Crippen molar-refractivity contribution in [1.82, 2.24) is 14.1 Å². The SMILES string of the molecule is CS(=O)(=O)N1CCN(c2ccc(-n3ncc4cc(F)c(O)c(F)c43)cc2Cl)CC1. The van der Waals surface area contributed by atoms with Crippen molar-refractivity contribution in [3.05, 3.63) is 47.1 Å². The Morgan fingerprint density at radius 2 is 1.83 bits per heavy atom. The van der Waals surface area contributed by atoms with E-state index < -0.39 is 27.4 Å². The highest BCUT2D eigenvalue weighted by molar-refractivity contribution is 7.88. The summed E-state index contributed by atoms with van der Waals surface area (Å²) < 4.78 is 53.9. The van der Waals surface area contributed by atoms with E-state index in [1.165, 1.54) is 21.4 Å². The molecule has 2 heterocycles. The van der Waals surface area contributed by atoms with Crippen LogP contribution in [-0.4, -0.2) is 60.0 Å². The van der Waals surface area contributed by atoms with Crippen LogP contribution in [0.25, 0.3) is 16.6 Å². The van der Waals surface area contributed by atoms with E-state index in [0.717, 1.165) is 11.8 Å². The van der Waals surface area contributed by atoms with Crippen LogP contribution in [0, 0.1) is 11.6 Å². The van der Waals surface area contributed by atoms with Gasteiger partial charge in [0.15, 0.2) is 17.4 Å². The number of hydrogen-bond donors (Lipinski definition) is 1. The average molecular weight is 443 g/mol. The van der Waals surface area contributed by atoms with E-state index in [1.807, 2.05) is 4.90 Å². The van der Waals surface area contributed by atoms with Crippen molar-refractivity contribution in [3.63, 3.8) is 0 Å². The van der Waals surface area contributed by atoms with E-state index >= 15 is 0 Å². The smallest absolute Gasteiger partial charge is 0.211 e. The van der Waals surface area contributed by atoms with Crippen LogP contribution in [-0.2, 0) is 10.0 Å². The molecule has 1 aromatic heterocycles. The monoisotopic (exact) mass is 442 g/mol. The summed E-state index contributed by atoms with van der Waals surface area (Å²) in [5, 5.41) is 14.2. The van der Waals surface area contributed by atoms with Crippen LogP contribution in [0.1, 0.15) is 0 Å². The Morgan fingerprint density at radius 3 is 2.45 bits per heavy atom. The third-order valence-electron chi connectivity index (χ3n) is 4.95. The first kappa shape index (κ1) is 19.9. The number of aromatic nitrogens is 2. The molecule has 7 nitrogen and oxygen atoms in total. The zero-order valence-electron chi connectivity index (χ0n) is 15.3. The fraction of sp³-hybridized carbons (Fsp3) is 0.278. The van der Waals surface area contributed by atoms with Gasteiger partial charge in [-0.05, 0) is 24.3 Å². The molecule has 1 saturated heterocycles. The molecule has 29 heavy (non-hydrogen) atoms.